The predicted molar refractivity (Wildman–Crippen MR) is 77.5 cm³/mol. The molecule has 0 aromatic rings. The van der Waals surface area contributed by atoms with E-state index in [1.807, 2.05) is 13.8 Å². The second-order valence-electron chi connectivity index (χ2n) is 5.68. The van der Waals surface area contributed by atoms with E-state index in [9.17, 15) is 4.79 Å². The largest absolute Gasteiger partial charge is 0.462 e. The van der Waals surface area contributed by atoms with E-state index in [4.69, 9.17) is 4.74 Å². The Morgan fingerprint density at radius 3 is 2.17 bits per heavy atom. The van der Waals surface area contributed by atoms with Crippen LogP contribution in [0.15, 0.2) is 0 Å². The van der Waals surface area contributed by atoms with Gasteiger partial charge < -0.3 is 4.74 Å². The molecule has 0 saturated carbocycles. The van der Waals surface area contributed by atoms with E-state index in [1.54, 1.807) is 0 Å². The van der Waals surface area contributed by atoms with Gasteiger partial charge in [-0.1, -0.05) is 59.8 Å². The lowest BCUT2D eigenvalue weighted by Gasteiger charge is -2.20. The molecule has 0 fully saturated rings. The van der Waals surface area contributed by atoms with Crippen LogP contribution in [0.5, 0.6) is 0 Å². The van der Waals surface area contributed by atoms with Gasteiger partial charge in [-0.25, -0.2) is 0 Å². The number of esters is 1. The Kier molecular flexibility index (Phi) is 10.1. The number of unbranched alkanes of at least 4 members (excludes halogenated alkanes) is 2. The van der Waals surface area contributed by atoms with Gasteiger partial charge in [0.15, 0.2) is 0 Å². The van der Waals surface area contributed by atoms with Crippen molar-refractivity contribution in [1.82, 2.24) is 0 Å². The fraction of sp³-hybridized carbons (Fsp3) is 0.938. The number of rotatable bonds is 10. The van der Waals surface area contributed by atoms with Gasteiger partial charge in [-0.2, -0.15) is 0 Å². The second kappa shape index (κ2) is 10.4. The average molecular weight is 256 g/mol. The monoisotopic (exact) mass is 256 g/mol. The zero-order valence-electron chi connectivity index (χ0n) is 13.0. The highest BCUT2D eigenvalue weighted by Crippen LogP contribution is 2.18. The Morgan fingerprint density at radius 2 is 1.61 bits per heavy atom. The molecule has 0 heterocycles. The third-order valence-corrected chi connectivity index (χ3v) is 3.96. The lowest BCUT2D eigenvalue weighted by atomic mass is 9.96. The van der Waals surface area contributed by atoms with Crippen LogP contribution in [-0.2, 0) is 9.53 Å². The van der Waals surface area contributed by atoms with E-state index in [0.29, 0.717) is 12.3 Å². The minimum Gasteiger partial charge on any atom is -0.462 e. The molecule has 2 heteroatoms. The van der Waals surface area contributed by atoms with Gasteiger partial charge in [0.25, 0.3) is 0 Å². The molecular formula is C16H32O2. The topological polar surface area (TPSA) is 26.3 Å². The normalized spacial score (nSPS) is 16.1. The first-order valence-corrected chi connectivity index (χ1v) is 7.70. The molecule has 108 valence electrons. The molecule has 18 heavy (non-hydrogen) atoms. The third-order valence-electron chi connectivity index (χ3n) is 3.96. The molecule has 3 atom stereocenters. The summed E-state index contributed by atoms with van der Waals surface area (Å²) in [5.74, 6) is 1.27. The first-order valence-electron chi connectivity index (χ1n) is 7.70. The smallest absolute Gasteiger partial charge is 0.305 e. The van der Waals surface area contributed by atoms with Crippen molar-refractivity contribution in [3.63, 3.8) is 0 Å². The maximum absolute atomic E-state index is 11.2. The molecule has 0 spiro atoms. The number of carbonyl (C=O) groups excluding carboxylic acids is 1. The van der Waals surface area contributed by atoms with E-state index in [2.05, 4.69) is 20.8 Å². The fourth-order valence-corrected chi connectivity index (χ4v) is 1.98. The number of ether oxygens (including phenoxy) is 1. The molecule has 0 saturated heterocycles. The summed E-state index contributed by atoms with van der Waals surface area (Å²) in [7, 11) is 0. The SMILES string of the molecule is CCC(=O)O[C@@H](C)[C@H](C)CCCCC[C@@H](C)CC. The molecule has 0 amide bonds. The van der Waals surface area contributed by atoms with Gasteiger partial charge in [-0.3, -0.25) is 4.79 Å². The predicted octanol–water partition coefficient (Wildman–Crippen LogP) is 4.96. The maximum Gasteiger partial charge on any atom is 0.305 e. The zero-order chi connectivity index (χ0) is 14.0. The Morgan fingerprint density at radius 1 is 1.00 bits per heavy atom. The molecule has 0 aromatic carbocycles. The molecule has 0 aliphatic rings. The highest BCUT2D eigenvalue weighted by atomic mass is 16.5. The molecular weight excluding hydrogens is 224 g/mol. The molecule has 0 radical (unpaired) electrons. The van der Waals surface area contributed by atoms with E-state index >= 15 is 0 Å². The summed E-state index contributed by atoms with van der Waals surface area (Å²) >= 11 is 0. The van der Waals surface area contributed by atoms with Gasteiger partial charge in [-0.05, 0) is 25.2 Å². The Bertz CT molecular complexity index is 213. The summed E-state index contributed by atoms with van der Waals surface area (Å²) in [5, 5.41) is 0. The van der Waals surface area contributed by atoms with Gasteiger partial charge in [0.05, 0.1) is 0 Å². The summed E-state index contributed by atoms with van der Waals surface area (Å²) in [4.78, 5) is 11.2. The summed E-state index contributed by atoms with van der Waals surface area (Å²) in [5.41, 5.74) is 0. The minimum absolute atomic E-state index is 0.0621. The Balaban J connectivity index is 3.57. The van der Waals surface area contributed by atoms with Crippen molar-refractivity contribution in [1.29, 1.82) is 0 Å². The van der Waals surface area contributed by atoms with E-state index in [0.717, 1.165) is 5.92 Å². The third kappa shape index (κ3) is 8.54. The Hall–Kier alpha value is -0.530. The lowest BCUT2D eigenvalue weighted by molar-refractivity contribution is -0.150. The van der Waals surface area contributed by atoms with Crippen LogP contribution in [0.4, 0.5) is 0 Å². The van der Waals surface area contributed by atoms with Gasteiger partial charge >= 0.3 is 5.97 Å². The highest BCUT2D eigenvalue weighted by Gasteiger charge is 2.15. The van der Waals surface area contributed by atoms with Crippen molar-refractivity contribution < 1.29 is 9.53 Å². The van der Waals surface area contributed by atoms with Crippen LogP contribution >= 0.6 is 0 Å². The first kappa shape index (κ1) is 17.5. The van der Waals surface area contributed by atoms with Crippen molar-refractivity contribution in [3.8, 4) is 0 Å². The van der Waals surface area contributed by atoms with Crippen molar-refractivity contribution >= 4 is 5.97 Å². The van der Waals surface area contributed by atoms with Gasteiger partial charge in [0.2, 0.25) is 0 Å². The van der Waals surface area contributed by atoms with Crippen LogP contribution in [0.1, 0.15) is 79.6 Å². The number of carbonyl (C=O) groups is 1. The molecule has 0 aliphatic carbocycles. The van der Waals surface area contributed by atoms with Crippen molar-refractivity contribution in [2.24, 2.45) is 11.8 Å². The van der Waals surface area contributed by atoms with Gasteiger partial charge in [0, 0.05) is 6.42 Å². The molecule has 0 aromatic heterocycles. The quantitative estimate of drug-likeness (QED) is 0.408. The van der Waals surface area contributed by atoms with Crippen molar-refractivity contribution in [2.75, 3.05) is 0 Å². The maximum atomic E-state index is 11.2. The van der Waals surface area contributed by atoms with Crippen LogP contribution in [0, 0.1) is 11.8 Å². The zero-order valence-corrected chi connectivity index (χ0v) is 13.0. The van der Waals surface area contributed by atoms with E-state index in [-0.39, 0.29) is 12.1 Å². The second-order valence-corrected chi connectivity index (χ2v) is 5.68. The van der Waals surface area contributed by atoms with Crippen LogP contribution in [-0.4, -0.2) is 12.1 Å². The fourth-order valence-electron chi connectivity index (χ4n) is 1.98. The Labute approximate surface area is 113 Å². The summed E-state index contributed by atoms with van der Waals surface area (Å²) in [6, 6.07) is 0. The van der Waals surface area contributed by atoms with Crippen LogP contribution < -0.4 is 0 Å². The first-order chi connectivity index (χ1) is 8.51. The van der Waals surface area contributed by atoms with Crippen molar-refractivity contribution in [2.45, 2.75) is 85.7 Å². The van der Waals surface area contributed by atoms with E-state index in [1.165, 1.54) is 38.5 Å². The highest BCUT2D eigenvalue weighted by molar-refractivity contribution is 5.69. The number of hydrogen-bond acceptors (Lipinski definition) is 2. The van der Waals surface area contributed by atoms with Crippen LogP contribution in [0.25, 0.3) is 0 Å². The standard InChI is InChI=1S/C16H32O2/c1-6-13(3)11-9-8-10-12-14(4)15(5)18-16(17)7-2/h13-15H,6-12H2,1-5H3/t13-,14+,15-/m0/s1. The van der Waals surface area contributed by atoms with Crippen molar-refractivity contribution in [3.05, 3.63) is 0 Å². The average Bonchev–Trinajstić information content (AvgIpc) is 2.37. The summed E-state index contributed by atoms with van der Waals surface area (Å²) in [6.45, 7) is 10.6. The molecule has 0 aliphatic heterocycles. The van der Waals surface area contributed by atoms with Crippen LogP contribution in [0.3, 0.4) is 0 Å². The summed E-state index contributed by atoms with van der Waals surface area (Å²) in [6.07, 6.45) is 8.25. The van der Waals surface area contributed by atoms with Crippen LogP contribution in [0.2, 0.25) is 0 Å². The van der Waals surface area contributed by atoms with E-state index < -0.39 is 0 Å². The van der Waals surface area contributed by atoms with Gasteiger partial charge in [0.1, 0.15) is 6.10 Å². The molecule has 0 unspecified atom stereocenters. The molecule has 0 rings (SSSR count). The molecule has 0 bridgehead atoms. The number of hydrogen-bond donors (Lipinski definition) is 0. The lowest BCUT2D eigenvalue weighted by Crippen LogP contribution is -2.21. The molecule has 2 nitrogen and oxygen atoms in total. The minimum atomic E-state index is -0.0777. The summed E-state index contributed by atoms with van der Waals surface area (Å²) < 4.78 is 5.34. The van der Waals surface area contributed by atoms with Gasteiger partial charge in [-0.15, -0.1) is 0 Å². The molecule has 0 N–H and O–H groups in total.